The third-order valence-electron chi connectivity index (χ3n) is 8.28. The van der Waals surface area contributed by atoms with Crippen LogP contribution in [0.25, 0.3) is 0 Å². The van der Waals surface area contributed by atoms with E-state index in [9.17, 15) is 15.0 Å². The van der Waals surface area contributed by atoms with Crippen LogP contribution < -0.4 is 4.74 Å². The van der Waals surface area contributed by atoms with Crippen molar-refractivity contribution < 1.29 is 24.2 Å². The number of nitrogens with zero attached hydrogens (tertiary/aromatic N) is 1. The van der Waals surface area contributed by atoms with E-state index < -0.39 is 17.1 Å². The Morgan fingerprint density at radius 2 is 2.12 bits per heavy atom. The van der Waals surface area contributed by atoms with Gasteiger partial charge >= 0.3 is 0 Å². The van der Waals surface area contributed by atoms with Crippen molar-refractivity contribution in [2.24, 2.45) is 5.92 Å². The van der Waals surface area contributed by atoms with Gasteiger partial charge in [0.2, 0.25) is 0 Å². The number of likely N-dealkylation sites (tertiary alicyclic amines) is 1. The molecule has 2 heterocycles. The Balaban J connectivity index is 1.60. The average Bonchev–Trinajstić information content (AvgIpc) is 3.32. The molecule has 0 amide bonds. The first-order valence-electron chi connectivity index (χ1n) is 10.0. The molecule has 1 aromatic rings. The summed E-state index contributed by atoms with van der Waals surface area (Å²) in [5.74, 6) is 1.42. The predicted octanol–water partition coefficient (Wildman–Crippen LogP) is 1.67. The van der Waals surface area contributed by atoms with Crippen LogP contribution in [0.4, 0.5) is 0 Å². The maximum absolute atomic E-state index is 12.8. The largest absolute Gasteiger partial charge is 0.504 e. The Labute approximate surface area is 153 Å². The number of benzene rings is 1. The molecule has 0 aromatic heterocycles. The lowest BCUT2D eigenvalue weighted by Crippen LogP contribution is -2.80. The first kappa shape index (κ1) is 15.5. The highest BCUT2D eigenvalue weighted by molar-refractivity contribution is 5.90. The van der Waals surface area contributed by atoms with Gasteiger partial charge in [-0.05, 0) is 30.9 Å². The molecule has 3 fully saturated rings. The number of hydrogen-bond donors (Lipinski definition) is 2. The summed E-state index contributed by atoms with van der Waals surface area (Å²) in [7, 11) is 2.31. The highest BCUT2D eigenvalue weighted by Crippen LogP contribution is 2.65. The van der Waals surface area contributed by atoms with E-state index in [4.69, 9.17) is 4.74 Å². The minimum atomic E-state index is -0.931. The number of hydrogen-bond acceptors (Lipinski definition) is 4. The van der Waals surface area contributed by atoms with Crippen LogP contribution in [0.3, 0.4) is 0 Å². The number of aromatic hydroxyl groups is 1. The number of Topliss-reactive ketones (excluding diaryl/α,β-unsaturated/α-hetero) is 1. The maximum Gasteiger partial charge on any atom is 0.174 e. The number of carbonyl (C=O) groups excluding carboxylic acids is 1. The molecular formula is C21H26NO4+. The third kappa shape index (κ3) is 1.55. The summed E-state index contributed by atoms with van der Waals surface area (Å²) in [5, 5.41) is 22.5. The number of phenols is 1. The van der Waals surface area contributed by atoms with Gasteiger partial charge in [0.05, 0.1) is 25.6 Å². The zero-order chi connectivity index (χ0) is 17.9. The molecule has 2 bridgehead atoms. The van der Waals surface area contributed by atoms with Gasteiger partial charge in [0.15, 0.2) is 23.4 Å². The summed E-state index contributed by atoms with van der Waals surface area (Å²) in [4.78, 5) is 12.8. The van der Waals surface area contributed by atoms with Gasteiger partial charge in [0.25, 0.3) is 0 Å². The zero-order valence-electron chi connectivity index (χ0n) is 15.2. The molecule has 1 spiro atoms. The molecule has 5 atom stereocenters. The number of piperidine rings is 1. The van der Waals surface area contributed by atoms with Crippen molar-refractivity contribution in [1.29, 1.82) is 0 Å². The number of phenolic OH excluding ortho intramolecular Hbond substituents is 1. The zero-order valence-corrected chi connectivity index (χ0v) is 15.2. The lowest BCUT2D eigenvalue weighted by molar-refractivity contribution is -0.950. The van der Waals surface area contributed by atoms with Gasteiger partial charge in [0.1, 0.15) is 11.6 Å². The van der Waals surface area contributed by atoms with Crippen molar-refractivity contribution in [2.45, 2.75) is 61.7 Å². The average molecular weight is 356 g/mol. The molecule has 5 nitrogen and oxygen atoms in total. The van der Waals surface area contributed by atoms with Gasteiger partial charge in [-0.2, -0.15) is 0 Å². The Hall–Kier alpha value is -1.59. The fourth-order valence-corrected chi connectivity index (χ4v) is 6.94. The van der Waals surface area contributed by atoms with Gasteiger partial charge < -0.3 is 19.4 Å². The smallest absolute Gasteiger partial charge is 0.174 e. The number of carbonyl (C=O) groups is 1. The second-order valence-corrected chi connectivity index (χ2v) is 9.61. The molecule has 138 valence electrons. The first-order chi connectivity index (χ1) is 12.4. The Bertz CT molecular complexity index is 849. The maximum atomic E-state index is 12.8. The molecule has 2 N–H and O–H groups in total. The van der Waals surface area contributed by atoms with E-state index in [2.05, 4.69) is 7.05 Å². The fourth-order valence-electron chi connectivity index (χ4n) is 6.94. The molecule has 6 rings (SSSR count). The van der Waals surface area contributed by atoms with E-state index in [1.54, 1.807) is 6.07 Å². The summed E-state index contributed by atoms with van der Waals surface area (Å²) in [6.45, 7) is 2.09. The lowest BCUT2D eigenvalue weighted by atomic mass is 9.48. The third-order valence-corrected chi connectivity index (χ3v) is 8.28. The topological polar surface area (TPSA) is 66.8 Å². The molecular weight excluding hydrogens is 330 g/mol. The molecule has 1 aromatic carbocycles. The predicted molar refractivity (Wildman–Crippen MR) is 94.1 cm³/mol. The number of likely N-dealkylation sites (N-methyl/N-ethyl adjacent to an activating group) is 1. The van der Waals surface area contributed by atoms with Crippen LogP contribution in [0.2, 0.25) is 0 Å². The van der Waals surface area contributed by atoms with Crippen molar-refractivity contribution in [1.82, 2.24) is 0 Å². The quantitative estimate of drug-likeness (QED) is 0.791. The standard InChI is InChI=1S/C21H25NO4/c1-22(11-12-2-3-12)9-8-20-17-13-4-5-14(23)18(17)26-19(20)15(24)6-7-21(20,25)16(22)10-13/h4-5,12,16,19,25H,2-3,6-11H2,1H3/p+1/t16?,19-,20-,21+,22+/m1/s1. The van der Waals surface area contributed by atoms with Gasteiger partial charge in [-0.15, -0.1) is 0 Å². The first-order valence-corrected chi connectivity index (χ1v) is 10.0. The summed E-state index contributed by atoms with van der Waals surface area (Å²) < 4.78 is 6.98. The number of rotatable bonds is 2. The molecule has 0 radical (unpaired) electrons. The summed E-state index contributed by atoms with van der Waals surface area (Å²) in [6, 6.07) is 3.77. The molecule has 3 aliphatic carbocycles. The van der Waals surface area contributed by atoms with Crippen molar-refractivity contribution in [3.8, 4) is 11.5 Å². The molecule has 5 heteroatoms. The Morgan fingerprint density at radius 3 is 2.88 bits per heavy atom. The van der Waals surface area contributed by atoms with Crippen LogP contribution in [0.15, 0.2) is 12.1 Å². The van der Waals surface area contributed by atoms with Crippen LogP contribution in [-0.4, -0.2) is 58.4 Å². The van der Waals surface area contributed by atoms with E-state index >= 15 is 0 Å². The van der Waals surface area contributed by atoms with Crippen molar-refractivity contribution in [3.63, 3.8) is 0 Å². The number of ether oxygens (including phenoxy) is 1. The highest BCUT2D eigenvalue weighted by Gasteiger charge is 2.76. The minimum Gasteiger partial charge on any atom is -0.504 e. The monoisotopic (exact) mass is 356 g/mol. The van der Waals surface area contributed by atoms with Crippen molar-refractivity contribution >= 4 is 5.78 Å². The molecule has 5 aliphatic rings. The molecule has 26 heavy (non-hydrogen) atoms. The number of quaternary nitrogens is 1. The highest BCUT2D eigenvalue weighted by atomic mass is 16.5. The molecule has 2 saturated carbocycles. The fraction of sp³-hybridized carbons (Fsp3) is 0.667. The van der Waals surface area contributed by atoms with Gasteiger partial charge in [0, 0.05) is 30.7 Å². The second kappa shape index (κ2) is 4.45. The Morgan fingerprint density at radius 1 is 1.31 bits per heavy atom. The van der Waals surface area contributed by atoms with Gasteiger partial charge in [-0.3, -0.25) is 4.79 Å². The second-order valence-electron chi connectivity index (χ2n) is 9.61. The summed E-state index contributed by atoms with van der Waals surface area (Å²) in [6.07, 6.45) is 4.42. The van der Waals surface area contributed by atoms with E-state index in [0.717, 1.165) is 47.5 Å². The van der Waals surface area contributed by atoms with E-state index in [0.29, 0.717) is 18.6 Å². The molecule has 1 saturated heterocycles. The van der Waals surface area contributed by atoms with Crippen LogP contribution in [0.5, 0.6) is 11.5 Å². The molecule has 1 unspecified atom stereocenters. The SMILES string of the molecule is C[N@@+]1(CC2CC2)CC[C@@]23c4c5ccc(O)c4O[C@@H]2C(=O)CC[C@]3(O)C1C5. The van der Waals surface area contributed by atoms with Crippen LogP contribution >= 0.6 is 0 Å². The van der Waals surface area contributed by atoms with E-state index in [1.165, 1.54) is 12.8 Å². The van der Waals surface area contributed by atoms with Crippen molar-refractivity contribution in [3.05, 3.63) is 23.3 Å². The van der Waals surface area contributed by atoms with Gasteiger partial charge in [-0.1, -0.05) is 6.07 Å². The van der Waals surface area contributed by atoms with Crippen LogP contribution in [0.1, 0.15) is 43.2 Å². The number of aliphatic hydroxyl groups is 1. The van der Waals surface area contributed by atoms with E-state index in [1.807, 2.05) is 6.07 Å². The summed E-state index contributed by atoms with van der Waals surface area (Å²) in [5.41, 5.74) is 0.492. The molecule has 2 aliphatic heterocycles. The van der Waals surface area contributed by atoms with Gasteiger partial charge in [-0.25, -0.2) is 0 Å². The van der Waals surface area contributed by atoms with E-state index in [-0.39, 0.29) is 17.6 Å². The summed E-state index contributed by atoms with van der Waals surface area (Å²) >= 11 is 0. The Kier molecular flexibility index (Phi) is 2.65. The van der Waals surface area contributed by atoms with Crippen LogP contribution in [0, 0.1) is 5.92 Å². The van der Waals surface area contributed by atoms with Crippen LogP contribution in [-0.2, 0) is 16.6 Å². The minimum absolute atomic E-state index is 0.0789. The number of ketones is 1. The van der Waals surface area contributed by atoms with Crippen molar-refractivity contribution in [2.75, 3.05) is 20.1 Å². The lowest BCUT2D eigenvalue weighted by Gasteiger charge is -2.64. The normalized spacial score (nSPS) is 45.2.